The molecule has 2 heteroatoms. The average Bonchev–Trinajstić information content (AvgIpc) is 2.88. The van der Waals surface area contributed by atoms with E-state index in [2.05, 4.69) is 33.0 Å². The van der Waals surface area contributed by atoms with Crippen molar-refractivity contribution in [3.8, 4) is 0 Å². The van der Waals surface area contributed by atoms with Gasteiger partial charge in [0.2, 0.25) is 5.91 Å². The third-order valence-electron chi connectivity index (χ3n) is 8.20. The Kier molecular flexibility index (Phi) is 29.6. The molecule has 0 aliphatic carbocycles. The standard InChI is InChI=1S/C35H71NO/c1-5-7-9-11-13-15-17-19-21-23-25-27-29-34(35(37)36-32-31-33(3)4)30-28-26-24-22-20-18-16-14-12-10-8-6-2/h33-34H,5-32H2,1-4H3,(H,36,37). The quantitative estimate of drug-likeness (QED) is 0.0935. The van der Waals surface area contributed by atoms with Gasteiger partial charge in [-0.2, -0.15) is 0 Å². The van der Waals surface area contributed by atoms with E-state index < -0.39 is 0 Å². The summed E-state index contributed by atoms with van der Waals surface area (Å²) >= 11 is 0. The smallest absolute Gasteiger partial charge is 0.223 e. The van der Waals surface area contributed by atoms with E-state index in [0.29, 0.717) is 11.8 Å². The zero-order chi connectivity index (χ0) is 27.2. The van der Waals surface area contributed by atoms with Gasteiger partial charge in [0.25, 0.3) is 0 Å². The fourth-order valence-corrected chi connectivity index (χ4v) is 5.50. The Morgan fingerprint density at radius 3 is 1.05 bits per heavy atom. The number of hydrogen-bond donors (Lipinski definition) is 1. The minimum absolute atomic E-state index is 0.249. The van der Waals surface area contributed by atoms with E-state index in [1.165, 1.54) is 154 Å². The van der Waals surface area contributed by atoms with E-state index in [-0.39, 0.29) is 5.92 Å². The van der Waals surface area contributed by atoms with Crippen LogP contribution in [0.5, 0.6) is 0 Å². The molecule has 0 atom stereocenters. The lowest BCUT2D eigenvalue weighted by Crippen LogP contribution is -2.32. The highest BCUT2D eigenvalue weighted by atomic mass is 16.1. The molecule has 0 heterocycles. The Morgan fingerprint density at radius 1 is 0.459 bits per heavy atom. The number of unbranched alkanes of at least 4 members (excludes halogenated alkanes) is 22. The van der Waals surface area contributed by atoms with Crippen LogP contribution in [-0.4, -0.2) is 12.5 Å². The lowest BCUT2D eigenvalue weighted by molar-refractivity contribution is -0.125. The van der Waals surface area contributed by atoms with Gasteiger partial charge >= 0.3 is 0 Å². The van der Waals surface area contributed by atoms with Crippen molar-refractivity contribution in [3.63, 3.8) is 0 Å². The molecule has 0 saturated heterocycles. The monoisotopic (exact) mass is 522 g/mol. The summed E-state index contributed by atoms with van der Waals surface area (Å²) in [5.74, 6) is 1.25. The molecular weight excluding hydrogens is 450 g/mol. The Balaban J connectivity index is 3.91. The van der Waals surface area contributed by atoms with Crippen LogP contribution >= 0.6 is 0 Å². The first-order valence-electron chi connectivity index (χ1n) is 17.4. The van der Waals surface area contributed by atoms with Gasteiger partial charge in [-0.15, -0.1) is 0 Å². The Bertz CT molecular complexity index is 419. The number of carbonyl (C=O) groups is 1. The summed E-state index contributed by atoms with van der Waals surface area (Å²) in [6, 6.07) is 0. The topological polar surface area (TPSA) is 29.1 Å². The summed E-state index contributed by atoms with van der Waals surface area (Å²) in [4.78, 5) is 12.9. The molecule has 0 spiro atoms. The van der Waals surface area contributed by atoms with Crippen LogP contribution in [-0.2, 0) is 4.79 Å². The first-order chi connectivity index (χ1) is 18.1. The number of amides is 1. The minimum Gasteiger partial charge on any atom is -0.356 e. The van der Waals surface area contributed by atoms with E-state index in [4.69, 9.17) is 0 Å². The van der Waals surface area contributed by atoms with Crippen molar-refractivity contribution in [1.29, 1.82) is 0 Å². The summed E-state index contributed by atoms with van der Waals surface area (Å²) in [7, 11) is 0. The second-order valence-corrected chi connectivity index (χ2v) is 12.5. The SMILES string of the molecule is CCCCCCCCCCCCCCC(CCCCCCCCCCCCCC)C(=O)NCCC(C)C. The highest BCUT2D eigenvalue weighted by Crippen LogP contribution is 2.20. The number of carbonyl (C=O) groups excluding carboxylic acids is 1. The molecule has 0 radical (unpaired) electrons. The van der Waals surface area contributed by atoms with Crippen LogP contribution in [0.25, 0.3) is 0 Å². The van der Waals surface area contributed by atoms with Crippen LogP contribution in [0.15, 0.2) is 0 Å². The Labute approximate surface area is 235 Å². The normalized spacial score (nSPS) is 11.6. The fourth-order valence-electron chi connectivity index (χ4n) is 5.50. The fraction of sp³-hybridized carbons (Fsp3) is 0.971. The first-order valence-corrected chi connectivity index (χ1v) is 17.4. The largest absolute Gasteiger partial charge is 0.356 e. The van der Waals surface area contributed by atoms with Crippen LogP contribution < -0.4 is 5.32 Å². The maximum atomic E-state index is 12.9. The maximum Gasteiger partial charge on any atom is 0.223 e. The lowest BCUT2D eigenvalue weighted by Gasteiger charge is -2.17. The van der Waals surface area contributed by atoms with Crippen LogP contribution in [0, 0.1) is 11.8 Å². The maximum absolute atomic E-state index is 12.9. The van der Waals surface area contributed by atoms with Crippen LogP contribution in [0.1, 0.15) is 201 Å². The lowest BCUT2D eigenvalue weighted by atomic mass is 9.93. The average molecular weight is 522 g/mol. The molecule has 0 saturated carbocycles. The summed E-state index contributed by atoms with van der Waals surface area (Å²) < 4.78 is 0. The molecule has 222 valence electrons. The van der Waals surface area contributed by atoms with Gasteiger partial charge in [-0.25, -0.2) is 0 Å². The summed E-state index contributed by atoms with van der Waals surface area (Å²) in [5, 5.41) is 3.26. The van der Waals surface area contributed by atoms with Gasteiger partial charge in [0.1, 0.15) is 0 Å². The predicted octanol–water partition coefficient (Wildman–Crippen LogP) is 11.9. The zero-order valence-corrected chi connectivity index (χ0v) is 26.4. The molecule has 0 aliphatic rings. The molecule has 2 nitrogen and oxygen atoms in total. The van der Waals surface area contributed by atoms with Crippen LogP contribution in [0.4, 0.5) is 0 Å². The molecule has 0 aromatic heterocycles. The van der Waals surface area contributed by atoms with Gasteiger partial charge in [0, 0.05) is 12.5 Å². The van der Waals surface area contributed by atoms with E-state index in [0.717, 1.165) is 25.8 Å². The van der Waals surface area contributed by atoms with E-state index in [9.17, 15) is 4.79 Å². The molecule has 0 aliphatic heterocycles. The third kappa shape index (κ3) is 28.3. The van der Waals surface area contributed by atoms with Crippen molar-refractivity contribution in [1.82, 2.24) is 5.32 Å². The Morgan fingerprint density at radius 2 is 0.757 bits per heavy atom. The van der Waals surface area contributed by atoms with E-state index in [1.807, 2.05) is 0 Å². The highest BCUT2D eigenvalue weighted by molar-refractivity contribution is 5.78. The molecule has 1 N–H and O–H groups in total. The highest BCUT2D eigenvalue weighted by Gasteiger charge is 2.17. The van der Waals surface area contributed by atoms with Crippen molar-refractivity contribution in [3.05, 3.63) is 0 Å². The van der Waals surface area contributed by atoms with Crippen molar-refractivity contribution < 1.29 is 4.79 Å². The van der Waals surface area contributed by atoms with Gasteiger partial charge in [-0.1, -0.05) is 182 Å². The third-order valence-corrected chi connectivity index (χ3v) is 8.20. The molecule has 0 aromatic carbocycles. The molecule has 0 bridgehead atoms. The minimum atomic E-state index is 0.249. The predicted molar refractivity (Wildman–Crippen MR) is 167 cm³/mol. The van der Waals surface area contributed by atoms with Crippen molar-refractivity contribution in [2.75, 3.05) is 6.54 Å². The Hall–Kier alpha value is -0.530. The molecule has 0 rings (SSSR count). The summed E-state index contributed by atoms with van der Waals surface area (Å²) in [6.07, 6.45) is 36.5. The number of hydrogen-bond acceptors (Lipinski definition) is 1. The van der Waals surface area contributed by atoms with Gasteiger partial charge in [0.05, 0.1) is 0 Å². The summed E-state index contributed by atoms with van der Waals surface area (Å²) in [6.45, 7) is 9.91. The second kappa shape index (κ2) is 30.0. The van der Waals surface area contributed by atoms with Gasteiger partial charge in [-0.05, 0) is 25.2 Å². The molecule has 37 heavy (non-hydrogen) atoms. The van der Waals surface area contributed by atoms with Crippen LogP contribution in [0.3, 0.4) is 0 Å². The van der Waals surface area contributed by atoms with E-state index >= 15 is 0 Å². The number of rotatable bonds is 30. The second-order valence-electron chi connectivity index (χ2n) is 12.5. The van der Waals surface area contributed by atoms with Gasteiger partial charge < -0.3 is 5.32 Å². The van der Waals surface area contributed by atoms with Crippen molar-refractivity contribution in [2.45, 2.75) is 201 Å². The van der Waals surface area contributed by atoms with Crippen molar-refractivity contribution >= 4 is 5.91 Å². The molecular formula is C35H71NO. The molecule has 1 amide bonds. The van der Waals surface area contributed by atoms with Gasteiger partial charge in [0.15, 0.2) is 0 Å². The van der Waals surface area contributed by atoms with Gasteiger partial charge in [-0.3, -0.25) is 4.79 Å². The molecule has 0 aromatic rings. The number of nitrogens with one attached hydrogen (secondary N) is 1. The molecule has 0 fully saturated rings. The molecule has 0 unspecified atom stereocenters. The van der Waals surface area contributed by atoms with Crippen LogP contribution in [0.2, 0.25) is 0 Å². The zero-order valence-electron chi connectivity index (χ0n) is 26.4. The summed E-state index contributed by atoms with van der Waals surface area (Å²) in [5.41, 5.74) is 0. The van der Waals surface area contributed by atoms with E-state index in [1.54, 1.807) is 0 Å². The first kappa shape index (κ1) is 36.5. The van der Waals surface area contributed by atoms with Crippen molar-refractivity contribution in [2.24, 2.45) is 11.8 Å².